The Morgan fingerprint density at radius 1 is 1.08 bits per heavy atom. The molecule has 4 heteroatoms. The Hall–Kier alpha value is -2.72. The maximum Gasteiger partial charge on any atom is 0.225 e. The number of benzene rings is 2. The van der Waals surface area contributed by atoms with Crippen LogP contribution in [0.15, 0.2) is 67.0 Å². The van der Waals surface area contributed by atoms with Crippen molar-refractivity contribution in [3.05, 3.63) is 72.6 Å². The average Bonchev–Trinajstić information content (AvgIpc) is 2.62. The zero-order valence-corrected chi connectivity index (χ0v) is 13.7. The highest BCUT2D eigenvalue weighted by atomic mass is 16.1. The first-order valence-corrected chi connectivity index (χ1v) is 8.09. The third kappa shape index (κ3) is 3.97. The molecule has 2 N–H and O–H groups in total. The highest BCUT2D eigenvalue weighted by molar-refractivity contribution is 5.94. The van der Waals surface area contributed by atoms with E-state index in [1.54, 1.807) is 6.20 Å². The molecule has 1 aromatic heterocycles. The monoisotopic (exact) mass is 319 g/mol. The van der Waals surface area contributed by atoms with Crippen molar-refractivity contribution in [2.24, 2.45) is 0 Å². The van der Waals surface area contributed by atoms with Crippen molar-refractivity contribution in [3.8, 4) is 0 Å². The van der Waals surface area contributed by atoms with Crippen molar-refractivity contribution >= 4 is 22.4 Å². The number of anilines is 1. The Morgan fingerprint density at radius 3 is 2.71 bits per heavy atom. The summed E-state index contributed by atoms with van der Waals surface area (Å²) in [7, 11) is 1.91. The van der Waals surface area contributed by atoms with Gasteiger partial charge in [0.05, 0.1) is 0 Å². The number of amides is 1. The number of hydrogen-bond acceptors (Lipinski definition) is 3. The van der Waals surface area contributed by atoms with Gasteiger partial charge in [-0.1, -0.05) is 36.4 Å². The maximum absolute atomic E-state index is 12.5. The minimum absolute atomic E-state index is 0.0208. The molecule has 1 atom stereocenters. The molecule has 3 rings (SSSR count). The lowest BCUT2D eigenvalue weighted by molar-refractivity contribution is -0.116. The summed E-state index contributed by atoms with van der Waals surface area (Å²) in [6.45, 7) is 0.765. The molecule has 122 valence electrons. The van der Waals surface area contributed by atoms with Gasteiger partial charge in [-0.05, 0) is 36.2 Å². The van der Waals surface area contributed by atoms with Crippen LogP contribution in [0.3, 0.4) is 0 Å². The van der Waals surface area contributed by atoms with E-state index in [2.05, 4.69) is 27.8 Å². The second-order valence-electron chi connectivity index (χ2n) is 5.86. The number of hydrogen-bond donors (Lipinski definition) is 2. The van der Waals surface area contributed by atoms with Crippen molar-refractivity contribution in [2.45, 2.75) is 12.3 Å². The molecule has 1 unspecified atom stereocenters. The summed E-state index contributed by atoms with van der Waals surface area (Å²) in [6.07, 6.45) is 4.02. The van der Waals surface area contributed by atoms with Crippen LogP contribution >= 0.6 is 0 Å². The molecule has 24 heavy (non-hydrogen) atoms. The van der Waals surface area contributed by atoms with E-state index >= 15 is 0 Å². The fourth-order valence-corrected chi connectivity index (χ4v) is 2.88. The smallest absolute Gasteiger partial charge is 0.225 e. The number of pyridine rings is 1. The second-order valence-corrected chi connectivity index (χ2v) is 5.86. The molecule has 0 radical (unpaired) electrons. The number of aromatic nitrogens is 1. The fourth-order valence-electron chi connectivity index (χ4n) is 2.88. The summed E-state index contributed by atoms with van der Waals surface area (Å²) in [5.41, 5.74) is 1.99. The van der Waals surface area contributed by atoms with E-state index in [0.29, 0.717) is 6.42 Å². The van der Waals surface area contributed by atoms with E-state index in [9.17, 15) is 4.79 Å². The zero-order chi connectivity index (χ0) is 16.8. The van der Waals surface area contributed by atoms with Gasteiger partial charge in [0.1, 0.15) is 0 Å². The molecule has 0 aliphatic carbocycles. The van der Waals surface area contributed by atoms with Gasteiger partial charge in [0, 0.05) is 42.4 Å². The minimum Gasteiger partial charge on any atom is -0.326 e. The summed E-state index contributed by atoms with van der Waals surface area (Å²) in [4.78, 5) is 16.6. The number of carbonyl (C=O) groups excluding carboxylic acids is 1. The Morgan fingerprint density at radius 2 is 1.92 bits per heavy atom. The molecule has 3 aromatic rings. The molecule has 0 aliphatic rings. The molecule has 2 aromatic carbocycles. The standard InChI is InChI=1S/C20H21N3O/c1-21-13-18(15-5-3-2-4-6-15)12-20(24)23-19-8-7-17-14-22-10-9-16(17)11-19/h2-11,14,18,21H,12-13H2,1H3,(H,23,24). The normalized spacial score (nSPS) is 12.0. The van der Waals surface area contributed by atoms with Gasteiger partial charge in [-0.2, -0.15) is 0 Å². The molecule has 1 heterocycles. The highest BCUT2D eigenvalue weighted by Gasteiger charge is 2.15. The van der Waals surface area contributed by atoms with Crippen LogP contribution in [-0.2, 0) is 4.79 Å². The second kappa shape index (κ2) is 7.70. The number of likely N-dealkylation sites (N-methyl/N-ethyl adjacent to an activating group) is 1. The molecule has 1 amide bonds. The molecule has 0 fully saturated rings. The number of nitrogens with zero attached hydrogens (tertiary/aromatic N) is 1. The van der Waals surface area contributed by atoms with Crippen LogP contribution in [-0.4, -0.2) is 24.5 Å². The Balaban J connectivity index is 1.70. The van der Waals surface area contributed by atoms with Gasteiger partial charge in [-0.3, -0.25) is 9.78 Å². The maximum atomic E-state index is 12.5. The SMILES string of the molecule is CNCC(CC(=O)Nc1ccc2cnccc2c1)c1ccccc1. The average molecular weight is 319 g/mol. The molecule has 0 bridgehead atoms. The first kappa shape index (κ1) is 16.1. The van der Waals surface area contributed by atoms with Gasteiger partial charge >= 0.3 is 0 Å². The van der Waals surface area contributed by atoms with Crippen LogP contribution in [0.25, 0.3) is 10.8 Å². The van der Waals surface area contributed by atoms with Gasteiger partial charge in [0.25, 0.3) is 0 Å². The van der Waals surface area contributed by atoms with E-state index in [-0.39, 0.29) is 11.8 Å². The largest absolute Gasteiger partial charge is 0.326 e. The fraction of sp³-hybridized carbons (Fsp3) is 0.200. The molecule has 0 spiro atoms. The summed E-state index contributed by atoms with van der Waals surface area (Å²) in [5, 5.41) is 8.31. The zero-order valence-electron chi connectivity index (χ0n) is 13.7. The van der Waals surface area contributed by atoms with Crippen molar-refractivity contribution in [3.63, 3.8) is 0 Å². The van der Waals surface area contributed by atoms with E-state index < -0.39 is 0 Å². The first-order valence-electron chi connectivity index (χ1n) is 8.09. The number of nitrogens with one attached hydrogen (secondary N) is 2. The topological polar surface area (TPSA) is 54.0 Å². The predicted molar refractivity (Wildman–Crippen MR) is 98.1 cm³/mol. The molecule has 0 aliphatic heterocycles. The molecule has 0 saturated heterocycles. The summed E-state index contributed by atoms with van der Waals surface area (Å²) >= 11 is 0. The van der Waals surface area contributed by atoms with Crippen molar-refractivity contribution < 1.29 is 4.79 Å². The Labute approximate surface area is 141 Å². The Kier molecular flexibility index (Phi) is 5.18. The lowest BCUT2D eigenvalue weighted by Gasteiger charge is -2.17. The molecule has 0 saturated carbocycles. The lowest BCUT2D eigenvalue weighted by atomic mass is 9.95. The quantitative estimate of drug-likeness (QED) is 0.730. The third-order valence-electron chi connectivity index (χ3n) is 4.08. The van der Waals surface area contributed by atoms with Gasteiger partial charge in [0.15, 0.2) is 0 Å². The van der Waals surface area contributed by atoms with E-state index in [1.165, 1.54) is 5.56 Å². The van der Waals surface area contributed by atoms with Crippen LogP contribution in [0.5, 0.6) is 0 Å². The van der Waals surface area contributed by atoms with Gasteiger partial charge in [-0.15, -0.1) is 0 Å². The number of carbonyl (C=O) groups is 1. The van der Waals surface area contributed by atoms with Crippen LogP contribution < -0.4 is 10.6 Å². The van der Waals surface area contributed by atoms with Crippen LogP contribution in [0, 0.1) is 0 Å². The molecular weight excluding hydrogens is 298 g/mol. The summed E-state index contributed by atoms with van der Waals surface area (Å²) in [5.74, 6) is 0.174. The van der Waals surface area contributed by atoms with Gasteiger partial charge in [0.2, 0.25) is 5.91 Å². The number of rotatable bonds is 6. The van der Waals surface area contributed by atoms with E-state index in [1.807, 2.05) is 55.7 Å². The lowest BCUT2D eigenvalue weighted by Crippen LogP contribution is -2.23. The van der Waals surface area contributed by atoms with Crippen LogP contribution in [0.4, 0.5) is 5.69 Å². The van der Waals surface area contributed by atoms with E-state index in [0.717, 1.165) is 23.0 Å². The van der Waals surface area contributed by atoms with Crippen molar-refractivity contribution in [2.75, 3.05) is 18.9 Å². The summed E-state index contributed by atoms with van der Waals surface area (Å²) in [6, 6.07) is 17.9. The van der Waals surface area contributed by atoms with Gasteiger partial charge in [-0.25, -0.2) is 0 Å². The number of fused-ring (bicyclic) bond motifs is 1. The van der Waals surface area contributed by atoms with E-state index in [4.69, 9.17) is 0 Å². The summed E-state index contributed by atoms with van der Waals surface area (Å²) < 4.78 is 0. The van der Waals surface area contributed by atoms with Gasteiger partial charge < -0.3 is 10.6 Å². The van der Waals surface area contributed by atoms with Crippen molar-refractivity contribution in [1.82, 2.24) is 10.3 Å². The first-order chi connectivity index (χ1) is 11.8. The third-order valence-corrected chi connectivity index (χ3v) is 4.08. The minimum atomic E-state index is 0.0208. The molecule has 4 nitrogen and oxygen atoms in total. The van der Waals surface area contributed by atoms with Crippen LogP contribution in [0.2, 0.25) is 0 Å². The van der Waals surface area contributed by atoms with Crippen LogP contribution in [0.1, 0.15) is 17.9 Å². The van der Waals surface area contributed by atoms with Crippen molar-refractivity contribution in [1.29, 1.82) is 0 Å². The predicted octanol–water partition coefficient (Wildman–Crippen LogP) is 3.57. The Bertz CT molecular complexity index is 817. The molecular formula is C20H21N3O. The highest BCUT2D eigenvalue weighted by Crippen LogP contribution is 2.21.